The summed E-state index contributed by atoms with van der Waals surface area (Å²) in [6.07, 6.45) is 10.7. The van der Waals surface area contributed by atoms with Gasteiger partial charge >= 0.3 is 5.97 Å². The molecular weight excluding hydrogens is 436 g/mol. The number of piperidine rings is 1. The van der Waals surface area contributed by atoms with E-state index in [0.717, 1.165) is 61.6 Å². The largest absolute Gasteiger partial charge is 0.489 e. The second-order valence-corrected chi connectivity index (χ2v) is 11.0. The van der Waals surface area contributed by atoms with Crippen molar-refractivity contribution in [3.05, 3.63) is 41.5 Å². The summed E-state index contributed by atoms with van der Waals surface area (Å²) in [4.78, 5) is 14.2. The smallest absolute Gasteiger partial charge is 0.306 e. The van der Waals surface area contributed by atoms with Crippen molar-refractivity contribution in [2.24, 2.45) is 11.8 Å². The zero-order valence-electron chi connectivity index (χ0n) is 21.1. The predicted octanol–water partition coefficient (Wildman–Crippen LogP) is 6.84. The fraction of sp³-hybridized carbons (Fsp3) is 0.600. The lowest BCUT2D eigenvalue weighted by atomic mass is 9.86. The van der Waals surface area contributed by atoms with Crippen LogP contribution >= 0.6 is 0 Å². The molecule has 3 unspecified atom stereocenters. The quantitative estimate of drug-likeness (QED) is 0.476. The van der Waals surface area contributed by atoms with Gasteiger partial charge < -0.3 is 9.84 Å². The standard InChI is InChI=1S/C30H38N2O3/c1-3-19-5-11-25(12-6-19)35-29-14-8-20-15-21(7-13-26(20)27(29)18-31)28(4-2)32-23-9-10-24(32)17-22(16-23)30(33)34/h7-8,13-15,19,22-25,28H,3-6,9-12,16-17H2,1-2H3,(H,33,34). The first kappa shape index (κ1) is 24.1. The van der Waals surface area contributed by atoms with Gasteiger partial charge in [0.05, 0.1) is 12.0 Å². The highest BCUT2D eigenvalue weighted by molar-refractivity contribution is 5.90. The highest BCUT2D eigenvalue weighted by atomic mass is 16.5. The third-order valence-corrected chi connectivity index (χ3v) is 9.05. The number of rotatable bonds is 7. The fourth-order valence-corrected chi connectivity index (χ4v) is 7.13. The Morgan fingerprint density at radius 3 is 2.40 bits per heavy atom. The monoisotopic (exact) mass is 474 g/mol. The molecule has 2 aliphatic heterocycles. The number of nitriles is 1. The molecule has 5 nitrogen and oxygen atoms in total. The minimum atomic E-state index is -0.638. The summed E-state index contributed by atoms with van der Waals surface area (Å²) in [5.41, 5.74) is 1.91. The van der Waals surface area contributed by atoms with Gasteiger partial charge in [-0.2, -0.15) is 5.26 Å². The lowest BCUT2D eigenvalue weighted by Crippen LogP contribution is -2.46. The number of carbonyl (C=O) groups is 1. The number of benzene rings is 2. The molecule has 35 heavy (non-hydrogen) atoms. The third-order valence-electron chi connectivity index (χ3n) is 9.05. The summed E-state index contributed by atoms with van der Waals surface area (Å²) in [5.74, 6) is 0.692. The minimum absolute atomic E-state index is 0.202. The van der Waals surface area contributed by atoms with Gasteiger partial charge in [-0.15, -0.1) is 0 Å². The molecule has 186 valence electrons. The number of hydrogen-bond donors (Lipinski definition) is 1. The van der Waals surface area contributed by atoms with Crippen molar-refractivity contribution in [2.75, 3.05) is 0 Å². The predicted molar refractivity (Wildman–Crippen MR) is 137 cm³/mol. The average molecular weight is 475 g/mol. The Kier molecular flexibility index (Phi) is 7.02. The zero-order valence-corrected chi connectivity index (χ0v) is 21.1. The average Bonchev–Trinajstić information content (AvgIpc) is 3.12. The number of hydrogen-bond acceptors (Lipinski definition) is 4. The van der Waals surface area contributed by atoms with Gasteiger partial charge in [0.15, 0.2) is 0 Å². The SMILES string of the molecule is CCC1CCC(Oc2ccc3cc(C(CC)N4C5CCC4CC(C(=O)O)C5)ccc3c2C#N)CC1. The van der Waals surface area contributed by atoms with Crippen LogP contribution in [0.5, 0.6) is 5.75 Å². The molecular formula is C30H38N2O3. The van der Waals surface area contributed by atoms with Gasteiger partial charge in [0.25, 0.3) is 0 Å². The third kappa shape index (κ3) is 4.66. The first-order chi connectivity index (χ1) is 17.0. The molecule has 0 amide bonds. The van der Waals surface area contributed by atoms with E-state index in [-0.39, 0.29) is 18.1 Å². The van der Waals surface area contributed by atoms with E-state index in [1.165, 1.54) is 24.8 Å². The maximum absolute atomic E-state index is 11.6. The van der Waals surface area contributed by atoms with E-state index >= 15 is 0 Å². The molecule has 3 aliphatic rings. The van der Waals surface area contributed by atoms with Crippen molar-refractivity contribution in [1.29, 1.82) is 5.26 Å². The molecule has 0 spiro atoms. The Hall–Kier alpha value is -2.58. The molecule has 2 aromatic carbocycles. The maximum atomic E-state index is 11.6. The van der Waals surface area contributed by atoms with Crippen molar-refractivity contribution < 1.29 is 14.6 Å². The molecule has 1 N–H and O–H groups in total. The first-order valence-electron chi connectivity index (χ1n) is 13.7. The summed E-state index contributed by atoms with van der Waals surface area (Å²) in [5, 5.41) is 21.6. The molecule has 5 heteroatoms. The van der Waals surface area contributed by atoms with Gasteiger partial charge in [0, 0.05) is 23.5 Å². The Morgan fingerprint density at radius 1 is 1.09 bits per heavy atom. The number of aliphatic carboxylic acids is 1. The lowest BCUT2D eigenvalue weighted by Gasteiger charge is -2.42. The minimum Gasteiger partial charge on any atom is -0.489 e. The molecule has 0 aromatic heterocycles. The van der Waals surface area contributed by atoms with Crippen LogP contribution in [-0.2, 0) is 4.79 Å². The van der Waals surface area contributed by atoms with E-state index in [2.05, 4.69) is 49.1 Å². The van der Waals surface area contributed by atoms with Crippen LogP contribution in [0.25, 0.3) is 10.8 Å². The number of fused-ring (bicyclic) bond motifs is 3. The van der Waals surface area contributed by atoms with Crippen molar-refractivity contribution in [3.8, 4) is 11.8 Å². The second kappa shape index (κ2) is 10.2. The van der Waals surface area contributed by atoms with Crippen LogP contribution in [0.15, 0.2) is 30.3 Å². The molecule has 3 atom stereocenters. The summed E-state index contributed by atoms with van der Waals surface area (Å²) in [6.45, 7) is 4.49. The molecule has 2 saturated heterocycles. The summed E-state index contributed by atoms with van der Waals surface area (Å²) >= 11 is 0. The van der Waals surface area contributed by atoms with Gasteiger partial charge in [-0.05, 0) is 86.8 Å². The van der Waals surface area contributed by atoms with Gasteiger partial charge in [-0.3, -0.25) is 9.69 Å². The normalized spacial score (nSPS) is 29.6. The van der Waals surface area contributed by atoms with E-state index in [1.807, 2.05) is 6.07 Å². The number of carboxylic acid groups (broad SMARTS) is 1. The Morgan fingerprint density at radius 2 is 1.80 bits per heavy atom. The van der Waals surface area contributed by atoms with Crippen molar-refractivity contribution >= 4 is 16.7 Å². The van der Waals surface area contributed by atoms with Crippen LogP contribution in [-0.4, -0.2) is 34.2 Å². The van der Waals surface area contributed by atoms with E-state index in [4.69, 9.17) is 4.74 Å². The fourth-order valence-electron chi connectivity index (χ4n) is 7.13. The van der Waals surface area contributed by atoms with E-state index < -0.39 is 5.97 Å². The van der Waals surface area contributed by atoms with Crippen LogP contribution < -0.4 is 4.74 Å². The van der Waals surface area contributed by atoms with Crippen molar-refractivity contribution in [3.63, 3.8) is 0 Å². The van der Waals surface area contributed by atoms with E-state index in [0.29, 0.717) is 23.4 Å². The van der Waals surface area contributed by atoms with Crippen LogP contribution in [0.1, 0.15) is 95.2 Å². The Labute approximate surface area is 209 Å². The Balaban J connectivity index is 1.38. The van der Waals surface area contributed by atoms with Crippen molar-refractivity contribution in [2.45, 2.75) is 102 Å². The molecule has 1 aliphatic carbocycles. The number of ether oxygens (including phenoxy) is 1. The second-order valence-electron chi connectivity index (χ2n) is 11.0. The van der Waals surface area contributed by atoms with Gasteiger partial charge in [-0.1, -0.05) is 38.5 Å². The molecule has 0 radical (unpaired) electrons. The van der Waals surface area contributed by atoms with Crippen molar-refractivity contribution in [1.82, 2.24) is 4.90 Å². The first-order valence-corrected chi connectivity index (χ1v) is 13.7. The maximum Gasteiger partial charge on any atom is 0.306 e. The van der Waals surface area contributed by atoms with E-state index in [1.54, 1.807) is 0 Å². The number of nitrogens with zero attached hydrogens (tertiary/aromatic N) is 2. The van der Waals surface area contributed by atoms with Crippen LogP contribution in [0, 0.1) is 23.2 Å². The number of carboxylic acids is 1. The molecule has 3 fully saturated rings. The molecule has 2 heterocycles. The summed E-state index contributed by atoms with van der Waals surface area (Å²) in [6, 6.07) is 14.0. The van der Waals surface area contributed by atoms with Crippen LogP contribution in [0.4, 0.5) is 0 Å². The topological polar surface area (TPSA) is 73.6 Å². The lowest BCUT2D eigenvalue weighted by molar-refractivity contribution is -0.144. The molecule has 1 saturated carbocycles. The van der Waals surface area contributed by atoms with Gasteiger partial charge in [0.2, 0.25) is 0 Å². The molecule has 2 aromatic rings. The molecule has 2 bridgehead atoms. The zero-order chi connectivity index (χ0) is 24.5. The van der Waals surface area contributed by atoms with Crippen LogP contribution in [0.2, 0.25) is 0 Å². The van der Waals surface area contributed by atoms with Gasteiger partial charge in [0.1, 0.15) is 17.4 Å². The Bertz CT molecular complexity index is 1100. The van der Waals surface area contributed by atoms with Crippen LogP contribution in [0.3, 0.4) is 0 Å². The highest BCUT2D eigenvalue weighted by Gasteiger charge is 2.45. The van der Waals surface area contributed by atoms with Gasteiger partial charge in [-0.25, -0.2) is 0 Å². The molecule has 5 rings (SSSR count). The summed E-state index contributed by atoms with van der Waals surface area (Å²) < 4.78 is 6.36. The summed E-state index contributed by atoms with van der Waals surface area (Å²) in [7, 11) is 0. The highest BCUT2D eigenvalue weighted by Crippen LogP contribution is 2.45. The van der Waals surface area contributed by atoms with E-state index in [9.17, 15) is 15.2 Å².